The summed E-state index contributed by atoms with van der Waals surface area (Å²) >= 11 is 0. The van der Waals surface area contributed by atoms with Gasteiger partial charge in [0, 0.05) is 34.1 Å². The second-order valence-corrected chi connectivity index (χ2v) is 9.48. The SMILES string of the molecule is CC=c1cc2c3ccccc3c(=O)c3c(N=C(C)/C=C\C(C)C(C)CCC)ccc(c3-2)n1CC. The summed E-state index contributed by atoms with van der Waals surface area (Å²) in [5.74, 6) is 1.14. The van der Waals surface area contributed by atoms with E-state index in [1.54, 1.807) is 0 Å². The van der Waals surface area contributed by atoms with Crippen molar-refractivity contribution in [3.05, 3.63) is 70.2 Å². The minimum Gasteiger partial charge on any atom is -0.341 e. The Labute approximate surface area is 202 Å². The average Bonchev–Trinajstić information content (AvgIpc) is 2.85. The fraction of sp³-hybridized carbons (Fsp3) is 0.355. The number of rotatable bonds is 7. The summed E-state index contributed by atoms with van der Waals surface area (Å²) in [5, 5.41) is 3.64. The predicted octanol–water partition coefficient (Wildman–Crippen LogP) is 7.52. The minimum absolute atomic E-state index is 0.0602. The highest BCUT2D eigenvalue weighted by atomic mass is 16.1. The lowest BCUT2D eigenvalue weighted by atomic mass is 9.89. The molecule has 0 bridgehead atoms. The van der Waals surface area contributed by atoms with E-state index < -0.39 is 0 Å². The molecule has 1 heterocycles. The molecule has 34 heavy (non-hydrogen) atoms. The standard InChI is InChI=1S/C31H36N2O/c1-7-12-20(4)21(5)15-16-22(6)32-27-17-18-28-29-26(19-23(8-2)33(28)9-3)24-13-10-11-14-25(24)31(34)30(27)29/h8,10-11,13-21H,7,9,12H2,1-6H3/b16-15-,23-8?,32-22?. The van der Waals surface area contributed by atoms with Crippen molar-refractivity contribution in [1.29, 1.82) is 0 Å². The molecule has 176 valence electrons. The van der Waals surface area contributed by atoms with Crippen LogP contribution in [0.3, 0.4) is 0 Å². The Kier molecular flexibility index (Phi) is 7.02. The van der Waals surface area contributed by atoms with Gasteiger partial charge in [0.1, 0.15) is 0 Å². The molecule has 2 unspecified atom stereocenters. The van der Waals surface area contributed by atoms with Gasteiger partial charge in [-0.15, -0.1) is 0 Å². The van der Waals surface area contributed by atoms with Crippen molar-refractivity contribution < 1.29 is 0 Å². The molecule has 1 aliphatic heterocycles. The Hall–Kier alpha value is -3.20. The van der Waals surface area contributed by atoms with Gasteiger partial charge in [-0.3, -0.25) is 9.79 Å². The molecule has 0 spiro atoms. The van der Waals surface area contributed by atoms with Crippen molar-refractivity contribution in [3.8, 4) is 11.1 Å². The highest BCUT2D eigenvalue weighted by molar-refractivity contribution is 6.14. The van der Waals surface area contributed by atoms with Gasteiger partial charge in [0.05, 0.1) is 11.1 Å². The largest absolute Gasteiger partial charge is 0.341 e. The summed E-state index contributed by atoms with van der Waals surface area (Å²) in [7, 11) is 0. The minimum atomic E-state index is 0.0602. The first-order chi connectivity index (χ1) is 16.4. The Bertz CT molecular complexity index is 1470. The quantitative estimate of drug-likeness (QED) is 0.162. The molecule has 0 radical (unpaired) electrons. The van der Waals surface area contributed by atoms with E-state index in [0.717, 1.165) is 56.1 Å². The van der Waals surface area contributed by atoms with Crippen molar-refractivity contribution in [2.75, 3.05) is 0 Å². The van der Waals surface area contributed by atoms with Gasteiger partial charge in [-0.25, -0.2) is 0 Å². The zero-order valence-corrected chi connectivity index (χ0v) is 21.4. The topological polar surface area (TPSA) is 34.4 Å². The van der Waals surface area contributed by atoms with Gasteiger partial charge in [0.2, 0.25) is 0 Å². The summed E-state index contributed by atoms with van der Waals surface area (Å²) in [6.07, 6.45) is 8.93. The maximum Gasteiger partial charge on any atom is 0.196 e. The number of benzene rings is 3. The molecule has 3 heteroatoms. The lowest BCUT2D eigenvalue weighted by Crippen LogP contribution is -2.22. The lowest BCUT2D eigenvalue weighted by molar-refractivity contribution is 0.424. The van der Waals surface area contributed by atoms with Crippen LogP contribution in [0.4, 0.5) is 5.69 Å². The van der Waals surface area contributed by atoms with E-state index in [1.165, 1.54) is 12.8 Å². The number of aromatic nitrogens is 1. The third kappa shape index (κ3) is 4.20. The zero-order chi connectivity index (χ0) is 24.4. The number of pyridine rings is 1. The molecule has 2 atom stereocenters. The lowest BCUT2D eigenvalue weighted by Gasteiger charge is -2.21. The van der Waals surface area contributed by atoms with Gasteiger partial charge in [-0.05, 0) is 67.8 Å². The van der Waals surface area contributed by atoms with Crippen LogP contribution in [0.5, 0.6) is 0 Å². The van der Waals surface area contributed by atoms with E-state index in [9.17, 15) is 4.79 Å². The summed E-state index contributed by atoms with van der Waals surface area (Å²) < 4.78 is 2.28. The van der Waals surface area contributed by atoms with E-state index in [2.05, 4.69) is 75.6 Å². The van der Waals surface area contributed by atoms with Crippen LogP contribution < -0.4 is 10.8 Å². The molecule has 0 amide bonds. The molecule has 2 aromatic carbocycles. The highest BCUT2D eigenvalue weighted by Crippen LogP contribution is 2.39. The number of fused-ring (bicyclic) bond motifs is 2. The predicted molar refractivity (Wildman–Crippen MR) is 149 cm³/mol. The second-order valence-electron chi connectivity index (χ2n) is 9.48. The molecular weight excluding hydrogens is 416 g/mol. The van der Waals surface area contributed by atoms with Gasteiger partial charge in [-0.1, -0.05) is 70.0 Å². The molecule has 0 saturated heterocycles. The molecule has 0 fully saturated rings. The first-order valence-corrected chi connectivity index (χ1v) is 12.6. The Balaban J connectivity index is 1.98. The number of hydrogen-bond acceptors (Lipinski definition) is 2. The maximum absolute atomic E-state index is 13.8. The number of aryl methyl sites for hydroxylation is 1. The van der Waals surface area contributed by atoms with Crippen LogP contribution in [0.15, 0.2) is 64.4 Å². The van der Waals surface area contributed by atoms with Crippen LogP contribution in [-0.4, -0.2) is 10.3 Å². The van der Waals surface area contributed by atoms with Crippen molar-refractivity contribution in [3.63, 3.8) is 0 Å². The monoisotopic (exact) mass is 452 g/mol. The zero-order valence-electron chi connectivity index (χ0n) is 21.4. The fourth-order valence-corrected chi connectivity index (χ4v) is 5.12. The number of hydrogen-bond donors (Lipinski definition) is 0. The molecule has 2 aromatic rings. The summed E-state index contributed by atoms with van der Waals surface area (Å²) in [6.45, 7) is 13.9. The van der Waals surface area contributed by atoms with Gasteiger partial charge < -0.3 is 4.57 Å². The molecule has 2 aliphatic rings. The third-order valence-corrected chi connectivity index (χ3v) is 7.21. The normalized spacial score (nSPS) is 15.2. The van der Waals surface area contributed by atoms with Crippen molar-refractivity contribution >= 4 is 39.2 Å². The van der Waals surface area contributed by atoms with E-state index in [0.29, 0.717) is 11.8 Å². The van der Waals surface area contributed by atoms with E-state index in [1.807, 2.05) is 31.2 Å². The summed E-state index contributed by atoms with van der Waals surface area (Å²) in [4.78, 5) is 18.7. The van der Waals surface area contributed by atoms with Crippen molar-refractivity contribution in [1.82, 2.24) is 4.57 Å². The highest BCUT2D eigenvalue weighted by Gasteiger charge is 2.21. The summed E-state index contributed by atoms with van der Waals surface area (Å²) in [5.41, 5.74) is 4.94. The van der Waals surface area contributed by atoms with Gasteiger partial charge in [0.15, 0.2) is 5.43 Å². The van der Waals surface area contributed by atoms with Crippen molar-refractivity contribution in [2.45, 2.75) is 60.9 Å². The maximum atomic E-state index is 13.8. The van der Waals surface area contributed by atoms with Crippen LogP contribution in [0, 0.1) is 11.8 Å². The van der Waals surface area contributed by atoms with Crippen LogP contribution in [0.2, 0.25) is 0 Å². The van der Waals surface area contributed by atoms with Crippen LogP contribution in [0.1, 0.15) is 54.4 Å². The Morgan fingerprint density at radius 2 is 1.82 bits per heavy atom. The van der Waals surface area contributed by atoms with Crippen LogP contribution >= 0.6 is 0 Å². The molecule has 4 rings (SSSR count). The molecule has 1 aliphatic carbocycles. The summed E-state index contributed by atoms with van der Waals surface area (Å²) in [6, 6.07) is 14.3. The number of allylic oxidation sites excluding steroid dienone is 2. The first kappa shape index (κ1) is 23.9. The van der Waals surface area contributed by atoms with E-state index in [4.69, 9.17) is 4.99 Å². The van der Waals surface area contributed by atoms with Crippen LogP contribution in [0.25, 0.3) is 38.9 Å². The van der Waals surface area contributed by atoms with Gasteiger partial charge in [-0.2, -0.15) is 0 Å². The molecule has 0 saturated carbocycles. The Morgan fingerprint density at radius 1 is 1.09 bits per heavy atom. The molecule has 0 aromatic heterocycles. The van der Waals surface area contributed by atoms with E-state index in [-0.39, 0.29) is 5.43 Å². The van der Waals surface area contributed by atoms with Gasteiger partial charge in [0.25, 0.3) is 0 Å². The molecule has 0 N–H and O–H groups in total. The smallest absolute Gasteiger partial charge is 0.196 e. The van der Waals surface area contributed by atoms with Gasteiger partial charge >= 0.3 is 0 Å². The fourth-order valence-electron chi connectivity index (χ4n) is 5.12. The number of nitrogens with zero attached hydrogens (tertiary/aromatic N) is 2. The molecular formula is C31H36N2O. The second kappa shape index (κ2) is 9.97. The third-order valence-electron chi connectivity index (χ3n) is 7.21. The average molecular weight is 453 g/mol. The first-order valence-electron chi connectivity index (χ1n) is 12.6. The molecule has 3 nitrogen and oxygen atoms in total. The van der Waals surface area contributed by atoms with Crippen molar-refractivity contribution in [2.24, 2.45) is 16.8 Å². The Morgan fingerprint density at radius 3 is 2.50 bits per heavy atom. The van der Waals surface area contributed by atoms with E-state index >= 15 is 0 Å². The number of aliphatic imine (C=N–C) groups is 1. The van der Waals surface area contributed by atoms with Crippen LogP contribution in [-0.2, 0) is 6.54 Å².